The molecule has 0 heterocycles. The van der Waals surface area contributed by atoms with Gasteiger partial charge in [-0.05, 0) is 80.2 Å². The van der Waals surface area contributed by atoms with Crippen LogP contribution in [0.1, 0.15) is 27.9 Å². The Kier molecular flexibility index (Phi) is 5.88. The molecule has 6 unspecified atom stereocenters. The summed E-state index contributed by atoms with van der Waals surface area (Å²) in [6.45, 7) is 1.60. The van der Waals surface area contributed by atoms with E-state index >= 15 is 0 Å². The number of benzene rings is 2. The maximum atomic E-state index is 13.9. The number of ketones is 4. The molecule has 2 aromatic carbocycles. The number of carbonyl (C=O) groups excluding carboxylic acids is 5. The molecule has 198 valence electrons. The Balaban J connectivity index is 1.66. The summed E-state index contributed by atoms with van der Waals surface area (Å²) in [6, 6.07) is 6.24. The van der Waals surface area contributed by atoms with Gasteiger partial charge in [-0.1, -0.05) is 12.1 Å². The van der Waals surface area contributed by atoms with Crippen molar-refractivity contribution in [2.75, 3.05) is 14.1 Å². The van der Waals surface area contributed by atoms with Gasteiger partial charge in [-0.2, -0.15) is 0 Å². The minimum atomic E-state index is -2.77. The predicted octanol–water partition coefficient (Wildman–Crippen LogP) is 0.982. The molecule has 2 fully saturated rings. The number of carbonyl (C=O) groups is 5. The van der Waals surface area contributed by atoms with Crippen molar-refractivity contribution in [3.63, 3.8) is 0 Å². The van der Waals surface area contributed by atoms with Gasteiger partial charge in [-0.25, -0.2) is 4.39 Å². The number of nitrogens with zero attached hydrogens (tertiary/aromatic N) is 1. The molecule has 0 bridgehead atoms. The van der Waals surface area contributed by atoms with Crippen molar-refractivity contribution in [2.45, 2.75) is 31.4 Å². The normalized spacial score (nSPS) is 30.6. The Morgan fingerprint density at radius 2 is 1.79 bits per heavy atom. The van der Waals surface area contributed by atoms with Gasteiger partial charge >= 0.3 is 0 Å². The number of likely N-dealkylation sites (N-methyl/N-ethyl adjacent to an activating group) is 1. The van der Waals surface area contributed by atoms with E-state index in [0.717, 1.165) is 0 Å². The maximum Gasteiger partial charge on any atom is 0.235 e. The summed E-state index contributed by atoms with van der Waals surface area (Å²) >= 11 is 0. The van der Waals surface area contributed by atoms with Crippen molar-refractivity contribution in [2.24, 2.45) is 29.4 Å². The number of phenols is 1. The maximum absolute atomic E-state index is 13.9. The summed E-state index contributed by atoms with van der Waals surface area (Å²) in [5.41, 5.74) is 4.50. The van der Waals surface area contributed by atoms with Crippen LogP contribution < -0.4 is 5.73 Å². The molecule has 0 aromatic heterocycles. The first kappa shape index (κ1) is 25.9. The number of amides is 1. The van der Waals surface area contributed by atoms with Gasteiger partial charge in [0.1, 0.15) is 11.6 Å². The van der Waals surface area contributed by atoms with Crippen molar-refractivity contribution in [3.8, 4) is 16.9 Å². The molecule has 0 saturated heterocycles. The third-order valence-corrected chi connectivity index (χ3v) is 8.41. The minimum Gasteiger partial charge on any atom is -0.507 e. The smallest absolute Gasteiger partial charge is 0.235 e. The third kappa shape index (κ3) is 3.40. The van der Waals surface area contributed by atoms with E-state index in [9.17, 15) is 38.6 Å². The monoisotopic (exact) mass is 522 g/mol. The molecule has 0 radical (unpaired) electrons. The SMILES string of the molecule is Cc1cc(-c2ccc(O)c3c2CC2CC4C(N(C)C)C(=O)C(C(N)=O)C(=O)C4(O)C(=O)C2C3=O)ccc1F. The number of aromatic hydroxyl groups is 1. The van der Waals surface area contributed by atoms with Crippen molar-refractivity contribution in [3.05, 3.63) is 52.8 Å². The Hall–Kier alpha value is -3.76. The average molecular weight is 523 g/mol. The number of aryl methyl sites for hydroxylation is 1. The predicted molar refractivity (Wildman–Crippen MR) is 131 cm³/mol. The van der Waals surface area contributed by atoms with Gasteiger partial charge < -0.3 is 15.9 Å². The highest BCUT2D eigenvalue weighted by Crippen LogP contribution is 2.51. The number of aliphatic hydroxyl groups is 1. The van der Waals surface area contributed by atoms with Crippen LogP contribution in [0, 0.1) is 36.4 Å². The van der Waals surface area contributed by atoms with Crippen molar-refractivity contribution < 1.29 is 38.6 Å². The molecule has 9 nitrogen and oxygen atoms in total. The van der Waals surface area contributed by atoms with Gasteiger partial charge in [-0.3, -0.25) is 28.9 Å². The van der Waals surface area contributed by atoms with E-state index in [1.54, 1.807) is 25.1 Å². The van der Waals surface area contributed by atoms with Crippen molar-refractivity contribution >= 4 is 29.0 Å². The fourth-order valence-electron chi connectivity index (χ4n) is 6.69. The summed E-state index contributed by atoms with van der Waals surface area (Å²) in [5.74, 6) is -11.4. The van der Waals surface area contributed by atoms with Crippen molar-refractivity contribution in [1.82, 2.24) is 4.90 Å². The number of fused-ring (bicyclic) bond motifs is 3. The molecule has 6 atom stereocenters. The van der Waals surface area contributed by atoms with Crippen LogP contribution in [0.4, 0.5) is 4.39 Å². The van der Waals surface area contributed by atoms with Crippen molar-refractivity contribution in [1.29, 1.82) is 0 Å². The van der Waals surface area contributed by atoms with Crippen LogP contribution in [0.25, 0.3) is 11.1 Å². The molecular weight excluding hydrogens is 495 g/mol. The fourth-order valence-corrected chi connectivity index (χ4v) is 6.69. The standard InChI is InChI=1S/C28H27FN2O7/c1-11-8-12(4-6-17(11)29)14-5-7-18(32)20-15(14)9-13-10-16-22(31(2)3)24(34)21(27(30)37)26(36)28(16,38)25(35)19(13)23(20)33/h4-8,13,16,19,21-22,32,38H,9-10H2,1-3H3,(H2,30,37). The molecule has 2 aromatic rings. The van der Waals surface area contributed by atoms with E-state index in [1.165, 1.54) is 31.1 Å². The molecule has 1 amide bonds. The lowest BCUT2D eigenvalue weighted by Crippen LogP contribution is -2.74. The lowest BCUT2D eigenvalue weighted by Gasteiger charge is -2.52. The molecule has 3 aliphatic rings. The Morgan fingerprint density at radius 1 is 1.11 bits per heavy atom. The highest BCUT2D eigenvalue weighted by Gasteiger charge is 2.69. The van der Waals surface area contributed by atoms with Crippen LogP contribution in [0.3, 0.4) is 0 Å². The second-order valence-corrected chi connectivity index (χ2v) is 10.7. The number of primary amides is 1. The number of hydrogen-bond donors (Lipinski definition) is 3. The van der Waals surface area contributed by atoms with Gasteiger partial charge in [0.25, 0.3) is 0 Å². The van der Waals surface area contributed by atoms with Gasteiger partial charge in [0, 0.05) is 5.92 Å². The Bertz CT molecular complexity index is 1450. The Labute approximate surface area is 217 Å². The van der Waals surface area contributed by atoms with Crippen LogP contribution in [0.5, 0.6) is 5.75 Å². The number of Topliss-reactive ketones (excluding diaryl/α,β-unsaturated/α-hetero) is 4. The van der Waals surface area contributed by atoms with Crippen LogP contribution >= 0.6 is 0 Å². The first-order valence-corrected chi connectivity index (χ1v) is 12.3. The minimum absolute atomic E-state index is 0.0402. The fraction of sp³-hybridized carbons (Fsp3) is 0.393. The molecule has 10 heteroatoms. The molecular formula is C28H27FN2O7. The van der Waals surface area contributed by atoms with Crippen LogP contribution in [0.2, 0.25) is 0 Å². The summed E-state index contributed by atoms with van der Waals surface area (Å²) in [4.78, 5) is 67.6. The number of rotatable bonds is 3. The van der Waals surface area contributed by atoms with E-state index < -0.39 is 70.2 Å². The Morgan fingerprint density at radius 3 is 2.39 bits per heavy atom. The van der Waals surface area contributed by atoms with Gasteiger partial charge in [-0.15, -0.1) is 0 Å². The summed E-state index contributed by atoms with van der Waals surface area (Å²) < 4.78 is 13.9. The molecule has 5 rings (SSSR count). The second-order valence-electron chi connectivity index (χ2n) is 10.7. The van der Waals surface area contributed by atoms with Gasteiger partial charge in [0.15, 0.2) is 34.7 Å². The molecule has 0 aliphatic heterocycles. The van der Waals surface area contributed by atoms with Gasteiger partial charge in [0.2, 0.25) is 5.91 Å². The lowest BCUT2D eigenvalue weighted by molar-refractivity contribution is -0.181. The van der Waals surface area contributed by atoms with E-state index in [1.807, 2.05) is 0 Å². The zero-order valence-electron chi connectivity index (χ0n) is 21.0. The van der Waals surface area contributed by atoms with Crippen LogP contribution in [-0.4, -0.2) is 69.9 Å². The van der Waals surface area contributed by atoms with E-state index in [0.29, 0.717) is 22.3 Å². The molecule has 2 saturated carbocycles. The average Bonchev–Trinajstić information content (AvgIpc) is 2.83. The first-order valence-electron chi connectivity index (χ1n) is 12.3. The first-order chi connectivity index (χ1) is 17.8. The molecule has 38 heavy (non-hydrogen) atoms. The molecule has 3 aliphatic carbocycles. The summed E-state index contributed by atoms with van der Waals surface area (Å²) in [7, 11) is 3.06. The van der Waals surface area contributed by atoms with E-state index in [4.69, 9.17) is 5.73 Å². The van der Waals surface area contributed by atoms with E-state index in [2.05, 4.69) is 0 Å². The number of phenolic OH excluding ortho intramolecular Hbond substituents is 1. The zero-order chi connectivity index (χ0) is 27.8. The molecule has 0 spiro atoms. The number of halogens is 1. The molecule has 4 N–H and O–H groups in total. The van der Waals surface area contributed by atoms with Crippen LogP contribution in [0.15, 0.2) is 30.3 Å². The number of hydrogen-bond acceptors (Lipinski definition) is 8. The lowest BCUT2D eigenvalue weighted by atomic mass is 9.52. The number of nitrogens with two attached hydrogens (primary N) is 1. The highest BCUT2D eigenvalue weighted by molar-refractivity contribution is 6.32. The highest BCUT2D eigenvalue weighted by atomic mass is 19.1. The topological polar surface area (TPSA) is 155 Å². The van der Waals surface area contributed by atoms with Gasteiger partial charge in [0.05, 0.1) is 17.5 Å². The van der Waals surface area contributed by atoms with Crippen LogP contribution in [-0.2, 0) is 25.6 Å². The quantitative estimate of drug-likeness (QED) is 0.504. The zero-order valence-corrected chi connectivity index (χ0v) is 21.0. The summed E-state index contributed by atoms with van der Waals surface area (Å²) in [6.07, 6.45) is 0.0907. The third-order valence-electron chi connectivity index (χ3n) is 8.41. The second kappa shape index (κ2) is 8.64. The largest absolute Gasteiger partial charge is 0.507 e. The summed E-state index contributed by atoms with van der Waals surface area (Å²) in [5, 5.41) is 22.3. The van der Waals surface area contributed by atoms with E-state index in [-0.39, 0.29) is 24.2 Å².